The predicted octanol–water partition coefficient (Wildman–Crippen LogP) is 2.75. The monoisotopic (exact) mass is 342 g/mol. The molecule has 0 radical (unpaired) electrons. The van der Waals surface area contributed by atoms with Gasteiger partial charge in [0.1, 0.15) is 0 Å². The number of nitrogens with zero attached hydrogens (tertiary/aromatic N) is 3. The SMILES string of the molecule is CC(C)(C)c1c(N)nnn1-c1ccc(I)cc1. The van der Waals surface area contributed by atoms with Gasteiger partial charge in [0, 0.05) is 8.99 Å². The molecule has 2 aromatic rings. The number of anilines is 1. The Morgan fingerprint density at radius 3 is 2.29 bits per heavy atom. The maximum atomic E-state index is 5.90. The molecule has 0 bridgehead atoms. The number of nitrogens with two attached hydrogens (primary N) is 1. The predicted molar refractivity (Wildman–Crippen MR) is 77.2 cm³/mol. The normalized spacial score (nSPS) is 11.8. The second kappa shape index (κ2) is 4.29. The number of nitrogen functional groups attached to an aromatic ring is 1. The molecule has 0 atom stereocenters. The number of aromatic nitrogens is 3. The summed E-state index contributed by atoms with van der Waals surface area (Å²) in [5.41, 5.74) is 7.74. The second-order valence-electron chi connectivity index (χ2n) is 4.96. The lowest BCUT2D eigenvalue weighted by atomic mass is 9.91. The highest BCUT2D eigenvalue weighted by atomic mass is 127. The fourth-order valence-corrected chi connectivity index (χ4v) is 2.12. The molecule has 0 spiro atoms. The topological polar surface area (TPSA) is 56.7 Å². The van der Waals surface area contributed by atoms with Crippen molar-refractivity contribution < 1.29 is 0 Å². The molecule has 2 rings (SSSR count). The first kappa shape index (κ1) is 12.3. The van der Waals surface area contributed by atoms with Gasteiger partial charge in [-0.05, 0) is 46.9 Å². The van der Waals surface area contributed by atoms with Crippen molar-refractivity contribution in [3.05, 3.63) is 33.5 Å². The van der Waals surface area contributed by atoms with Crippen LogP contribution in [-0.2, 0) is 5.41 Å². The van der Waals surface area contributed by atoms with E-state index in [-0.39, 0.29) is 5.41 Å². The zero-order valence-corrected chi connectivity index (χ0v) is 12.3. The fraction of sp³-hybridized carbons (Fsp3) is 0.333. The van der Waals surface area contributed by atoms with Gasteiger partial charge in [0.15, 0.2) is 5.82 Å². The van der Waals surface area contributed by atoms with E-state index in [1.165, 1.54) is 3.57 Å². The minimum absolute atomic E-state index is 0.0867. The highest BCUT2D eigenvalue weighted by Crippen LogP contribution is 2.28. The van der Waals surface area contributed by atoms with Crippen molar-refractivity contribution in [2.24, 2.45) is 0 Å². The first-order valence-corrected chi connectivity index (χ1v) is 6.45. The van der Waals surface area contributed by atoms with E-state index in [9.17, 15) is 0 Å². The fourth-order valence-electron chi connectivity index (χ4n) is 1.76. The third-order valence-electron chi connectivity index (χ3n) is 2.48. The molecule has 0 fully saturated rings. The van der Waals surface area contributed by atoms with Crippen molar-refractivity contribution in [1.29, 1.82) is 0 Å². The molecule has 1 heterocycles. The standard InChI is InChI=1S/C12H15IN4/c1-12(2,3)10-11(14)15-16-17(10)9-6-4-8(13)5-7-9/h4-7H,14H2,1-3H3. The van der Waals surface area contributed by atoms with Crippen LogP contribution in [0.2, 0.25) is 0 Å². The molecule has 2 N–H and O–H groups in total. The average Bonchev–Trinajstić information content (AvgIpc) is 2.61. The van der Waals surface area contributed by atoms with E-state index in [2.05, 4.69) is 53.7 Å². The Labute approximate surface area is 114 Å². The van der Waals surface area contributed by atoms with E-state index in [4.69, 9.17) is 5.73 Å². The maximum Gasteiger partial charge on any atom is 0.170 e. The van der Waals surface area contributed by atoms with Crippen molar-refractivity contribution in [3.8, 4) is 5.69 Å². The lowest BCUT2D eigenvalue weighted by Gasteiger charge is -2.20. The Balaban J connectivity index is 2.57. The molecular weight excluding hydrogens is 327 g/mol. The lowest BCUT2D eigenvalue weighted by molar-refractivity contribution is 0.544. The molecular formula is C12H15IN4. The summed E-state index contributed by atoms with van der Waals surface area (Å²) in [4.78, 5) is 0. The van der Waals surface area contributed by atoms with Gasteiger partial charge in [-0.3, -0.25) is 0 Å². The summed E-state index contributed by atoms with van der Waals surface area (Å²) >= 11 is 2.28. The van der Waals surface area contributed by atoms with Crippen molar-refractivity contribution in [2.75, 3.05) is 5.73 Å². The van der Waals surface area contributed by atoms with Crippen LogP contribution in [0, 0.1) is 3.57 Å². The van der Waals surface area contributed by atoms with Gasteiger partial charge >= 0.3 is 0 Å². The molecule has 0 aliphatic carbocycles. The number of hydrogen-bond donors (Lipinski definition) is 1. The molecule has 90 valence electrons. The quantitative estimate of drug-likeness (QED) is 0.811. The van der Waals surface area contributed by atoms with Crippen LogP contribution in [0.25, 0.3) is 5.69 Å². The summed E-state index contributed by atoms with van der Waals surface area (Å²) in [7, 11) is 0. The summed E-state index contributed by atoms with van der Waals surface area (Å²) in [5.74, 6) is 0.496. The average molecular weight is 342 g/mol. The lowest BCUT2D eigenvalue weighted by Crippen LogP contribution is -2.19. The van der Waals surface area contributed by atoms with Gasteiger partial charge in [0.25, 0.3) is 0 Å². The van der Waals surface area contributed by atoms with Crippen molar-refractivity contribution >= 4 is 28.4 Å². The minimum atomic E-state index is -0.0867. The van der Waals surface area contributed by atoms with Crippen molar-refractivity contribution in [3.63, 3.8) is 0 Å². The van der Waals surface area contributed by atoms with Gasteiger partial charge < -0.3 is 5.73 Å². The number of rotatable bonds is 1. The van der Waals surface area contributed by atoms with Crippen LogP contribution in [0.1, 0.15) is 26.5 Å². The van der Waals surface area contributed by atoms with Crippen LogP contribution >= 0.6 is 22.6 Å². The van der Waals surface area contributed by atoms with Crippen LogP contribution < -0.4 is 5.73 Å². The molecule has 5 heteroatoms. The van der Waals surface area contributed by atoms with Crippen LogP contribution in [-0.4, -0.2) is 15.0 Å². The van der Waals surface area contributed by atoms with Gasteiger partial charge in [-0.25, -0.2) is 4.68 Å². The molecule has 0 aliphatic rings. The second-order valence-corrected chi connectivity index (χ2v) is 6.21. The number of benzene rings is 1. The molecule has 0 saturated carbocycles. The van der Waals surface area contributed by atoms with E-state index in [0.29, 0.717) is 5.82 Å². The summed E-state index contributed by atoms with van der Waals surface area (Å²) < 4.78 is 3.00. The minimum Gasteiger partial charge on any atom is -0.381 e. The molecule has 0 amide bonds. The molecule has 4 nitrogen and oxygen atoms in total. The van der Waals surface area contributed by atoms with E-state index in [1.807, 2.05) is 28.9 Å². The summed E-state index contributed by atoms with van der Waals surface area (Å²) in [6.07, 6.45) is 0. The van der Waals surface area contributed by atoms with Crippen LogP contribution in [0.4, 0.5) is 5.82 Å². The first-order chi connectivity index (χ1) is 7.89. The summed E-state index contributed by atoms with van der Waals surface area (Å²) in [6, 6.07) is 8.12. The summed E-state index contributed by atoms with van der Waals surface area (Å²) in [5, 5.41) is 8.09. The van der Waals surface area contributed by atoms with E-state index in [1.54, 1.807) is 0 Å². The Morgan fingerprint density at radius 1 is 1.18 bits per heavy atom. The highest BCUT2D eigenvalue weighted by molar-refractivity contribution is 14.1. The third-order valence-corrected chi connectivity index (χ3v) is 3.20. The summed E-state index contributed by atoms with van der Waals surface area (Å²) in [6.45, 7) is 6.31. The Morgan fingerprint density at radius 2 is 1.76 bits per heavy atom. The molecule has 0 aliphatic heterocycles. The van der Waals surface area contributed by atoms with Gasteiger partial charge in [0.05, 0.1) is 11.4 Å². The van der Waals surface area contributed by atoms with Gasteiger partial charge in [-0.2, -0.15) is 0 Å². The molecule has 1 aromatic heterocycles. The van der Waals surface area contributed by atoms with Crippen molar-refractivity contribution in [2.45, 2.75) is 26.2 Å². The van der Waals surface area contributed by atoms with Gasteiger partial charge in [-0.1, -0.05) is 26.0 Å². The zero-order valence-electron chi connectivity index (χ0n) is 10.1. The zero-order chi connectivity index (χ0) is 12.6. The van der Waals surface area contributed by atoms with E-state index in [0.717, 1.165) is 11.4 Å². The smallest absolute Gasteiger partial charge is 0.170 e. The molecule has 1 aromatic carbocycles. The van der Waals surface area contributed by atoms with Crippen molar-refractivity contribution in [1.82, 2.24) is 15.0 Å². The molecule has 17 heavy (non-hydrogen) atoms. The first-order valence-electron chi connectivity index (χ1n) is 5.37. The Hall–Kier alpha value is -1.11. The molecule has 0 unspecified atom stereocenters. The number of hydrogen-bond acceptors (Lipinski definition) is 3. The highest BCUT2D eigenvalue weighted by Gasteiger charge is 2.24. The third kappa shape index (κ3) is 2.43. The van der Waals surface area contributed by atoms with E-state index < -0.39 is 0 Å². The van der Waals surface area contributed by atoms with Crippen LogP contribution in [0.15, 0.2) is 24.3 Å². The van der Waals surface area contributed by atoms with Crippen LogP contribution in [0.5, 0.6) is 0 Å². The van der Waals surface area contributed by atoms with Gasteiger partial charge in [0.2, 0.25) is 0 Å². The molecule has 0 saturated heterocycles. The largest absolute Gasteiger partial charge is 0.381 e. The Bertz CT molecular complexity index is 522. The maximum absolute atomic E-state index is 5.90. The van der Waals surface area contributed by atoms with E-state index >= 15 is 0 Å². The van der Waals surface area contributed by atoms with Crippen LogP contribution in [0.3, 0.4) is 0 Å². The van der Waals surface area contributed by atoms with Gasteiger partial charge in [-0.15, -0.1) is 5.10 Å². The Kier molecular flexibility index (Phi) is 3.11. The number of halogens is 1.